The standard InChI is InChI=1S/C12H17BrN2O2S/c1-14-8-10-5-6-15(9-10)18(16,17)12-4-2-3-11(13)7-12/h2-4,7,10,14H,5-6,8-9H2,1H3/t10-/m1/s1. The van der Waals surface area contributed by atoms with Crippen molar-refractivity contribution in [3.8, 4) is 0 Å². The first kappa shape index (κ1) is 14.0. The molecule has 2 rings (SSSR count). The summed E-state index contributed by atoms with van der Waals surface area (Å²) in [7, 11) is -1.44. The Morgan fingerprint density at radius 2 is 2.28 bits per heavy atom. The summed E-state index contributed by atoms with van der Waals surface area (Å²) in [5.41, 5.74) is 0. The molecule has 0 aliphatic carbocycles. The van der Waals surface area contributed by atoms with Crippen LogP contribution in [-0.2, 0) is 10.0 Å². The van der Waals surface area contributed by atoms with E-state index >= 15 is 0 Å². The zero-order valence-corrected chi connectivity index (χ0v) is 12.7. The highest BCUT2D eigenvalue weighted by molar-refractivity contribution is 9.10. The third-order valence-electron chi connectivity index (χ3n) is 3.18. The molecule has 1 aromatic carbocycles. The average Bonchev–Trinajstić information content (AvgIpc) is 2.79. The minimum atomic E-state index is -3.34. The summed E-state index contributed by atoms with van der Waals surface area (Å²) in [6.07, 6.45) is 0.925. The fourth-order valence-corrected chi connectivity index (χ4v) is 4.38. The molecule has 1 N–H and O–H groups in total. The van der Waals surface area contributed by atoms with Crippen LogP contribution in [0, 0.1) is 5.92 Å². The van der Waals surface area contributed by atoms with Crippen LogP contribution in [0.3, 0.4) is 0 Å². The molecule has 1 aliphatic rings. The van der Waals surface area contributed by atoms with E-state index in [-0.39, 0.29) is 0 Å². The van der Waals surface area contributed by atoms with Crippen molar-refractivity contribution in [2.75, 3.05) is 26.7 Å². The Kier molecular flexibility index (Phi) is 4.42. The molecular weight excluding hydrogens is 316 g/mol. The minimum Gasteiger partial charge on any atom is -0.319 e. The zero-order chi connectivity index (χ0) is 13.2. The number of hydrogen-bond acceptors (Lipinski definition) is 3. The number of benzene rings is 1. The number of nitrogens with zero attached hydrogens (tertiary/aromatic N) is 1. The van der Waals surface area contributed by atoms with Gasteiger partial charge in [0.1, 0.15) is 0 Å². The summed E-state index contributed by atoms with van der Waals surface area (Å²) in [5, 5.41) is 3.10. The van der Waals surface area contributed by atoms with Gasteiger partial charge in [-0.25, -0.2) is 8.42 Å². The lowest BCUT2D eigenvalue weighted by atomic mass is 10.1. The zero-order valence-electron chi connectivity index (χ0n) is 10.3. The van der Waals surface area contributed by atoms with E-state index in [1.807, 2.05) is 13.1 Å². The highest BCUT2D eigenvalue weighted by Gasteiger charge is 2.32. The van der Waals surface area contributed by atoms with Gasteiger partial charge in [0.05, 0.1) is 4.90 Å². The molecule has 4 nitrogen and oxygen atoms in total. The van der Waals surface area contributed by atoms with Gasteiger partial charge in [-0.3, -0.25) is 0 Å². The second-order valence-corrected chi connectivity index (χ2v) is 7.39. The van der Waals surface area contributed by atoms with Crippen LogP contribution < -0.4 is 5.32 Å². The molecule has 1 heterocycles. The van der Waals surface area contributed by atoms with E-state index in [2.05, 4.69) is 21.2 Å². The maximum Gasteiger partial charge on any atom is 0.243 e. The lowest BCUT2D eigenvalue weighted by Crippen LogP contribution is -2.30. The Labute approximate surface area is 117 Å². The lowest BCUT2D eigenvalue weighted by molar-refractivity contribution is 0.451. The minimum absolute atomic E-state index is 0.363. The number of sulfonamides is 1. The number of halogens is 1. The van der Waals surface area contributed by atoms with Gasteiger partial charge in [0.2, 0.25) is 10.0 Å². The Morgan fingerprint density at radius 3 is 2.94 bits per heavy atom. The third kappa shape index (κ3) is 2.93. The molecule has 6 heteroatoms. The first-order valence-electron chi connectivity index (χ1n) is 5.94. The predicted octanol–water partition coefficient (Wildman–Crippen LogP) is 1.68. The Morgan fingerprint density at radius 1 is 1.50 bits per heavy atom. The predicted molar refractivity (Wildman–Crippen MR) is 74.9 cm³/mol. The van der Waals surface area contributed by atoms with Crippen LogP contribution in [0.5, 0.6) is 0 Å². The molecule has 1 saturated heterocycles. The largest absolute Gasteiger partial charge is 0.319 e. The van der Waals surface area contributed by atoms with E-state index in [1.54, 1.807) is 22.5 Å². The van der Waals surface area contributed by atoms with Crippen LogP contribution in [0.25, 0.3) is 0 Å². The highest BCUT2D eigenvalue weighted by Crippen LogP contribution is 2.25. The second-order valence-electron chi connectivity index (χ2n) is 4.53. The van der Waals surface area contributed by atoms with E-state index in [0.717, 1.165) is 17.4 Å². The average molecular weight is 333 g/mol. The second kappa shape index (κ2) is 5.69. The topological polar surface area (TPSA) is 49.4 Å². The number of nitrogens with one attached hydrogen (secondary N) is 1. The first-order valence-corrected chi connectivity index (χ1v) is 8.17. The molecule has 0 radical (unpaired) electrons. The fraction of sp³-hybridized carbons (Fsp3) is 0.500. The van der Waals surface area contributed by atoms with Gasteiger partial charge in [0, 0.05) is 17.6 Å². The van der Waals surface area contributed by atoms with E-state index in [0.29, 0.717) is 23.9 Å². The molecule has 18 heavy (non-hydrogen) atoms. The van der Waals surface area contributed by atoms with Gasteiger partial charge in [0.15, 0.2) is 0 Å². The maximum atomic E-state index is 12.4. The molecule has 0 spiro atoms. The normalized spacial score (nSPS) is 21.3. The van der Waals surface area contributed by atoms with Crippen molar-refractivity contribution in [2.45, 2.75) is 11.3 Å². The van der Waals surface area contributed by atoms with Crippen molar-refractivity contribution in [1.29, 1.82) is 0 Å². The van der Waals surface area contributed by atoms with Gasteiger partial charge in [0.25, 0.3) is 0 Å². The third-order valence-corrected chi connectivity index (χ3v) is 5.53. The summed E-state index contributed by atoms with van der Waals surface area (Å²) >= 11 is 3.31. The van der Waals surface area contributed by atoms with Gasteiger partial charge < -0.3 is 5.32 Å². The van der Waals surface area contributed by atoms with E-state index in [9.17, 15) is 8.42 Å². The Balaban J connectivity index is 2.18. The molecule has 100 valence electrons. The SMILES string of the molecule is CNC[C@H]1CCN(S(=O)(=O)c2cccc(Br)c2)C1. The Bertz CT molecular complexity index is 519. The summed E-state index contributed by atoms with van der Waals surface area (Å²) in [6, 6.07) is 6.87. The lowest BCUT2D eigenvalue weighted by Gasteiger charge is -2.16. The summed E-state index contributed by atoms with van der Waals surface area (Å²) in [5.74, 6) is 0.414. The molecule has 0 bridgehead atoms. The molecule has 0 amide bonds. The van der Waals surface area contributed by atoms with Crippen LogP contribution in [-0.4, -0.2) is 39.4 Å². The Hall–Kier alpha value is -0.430. The van der Waals surface area contributed by atoms with E-state index in [1.165, 1.54) is 0 Å². The van der Waals surface area contributed by atoms with E-state index < -0.39 is 10.0 Å². The van der Waals surface area contributed by atoms with E-state index in [4.69, 9.17) is 0 Å². The molecule has 1 fully saturated rings. The summed E-state index contributed by atoms with van der Waals surface area (Å²) in [4.78, 5) is 0.363. The molecule has 0 aromatic heterocycles. The van der Waals surface area contributed by atoms with Crippen LogP contribution in [0.1, 0.15) is 6.42 Å². The molecule has 0 unspecified atom stereocenters. The number of hydrogen-bond donors (Lipinski definition) is 1. The van der Waals surface area contributed by atoms with Crippen LogP contribution >= 0.6 is 15.9 Å². The van der Waals surface area contributed by atoms with Gasteiger partial charge >= 0.3 is 0 Å². The first-order chi connectivity index (χ1) is 8.54. The molecular formula is C12H17BrN2O2S. The number of rotatable bonds is 4. The maximum absolute atomic E-state index is 12.4. The van der Waals surface area contributed by atoms with Crippen molar-refractivity contribution in [3.63, 3.8) is 0 Å². The van der Waals surface area contributed by atoms with Crippen molar-refractivity contribution < 1.29 is 8.42 Å². The van der Waals surface area contributed by atoms with Gasteiger partial charge in [-0.2, -0.15) is 4.31 Å². The van der Waals surface area contributed by atoms with Crippen molar-refractivity contribution >= 4 is 26.0 Å². The van der Waals surface area contributed by atoms with Crippen LogP contribution in [0.4, 0.5) is 0 Å². The fourth-order valence-electron chi connectivity index (χ4n) is 2.25. The highest BCUT2D eigenvalue weighted by atomic mass is 79.9. The van der Waals surface area contributed by atoms with Crippen molar-refractivity contribution in [2.24, 2.45) is 5.92 Å². The van der Waals surface area contributed by atoms with Crippen LogP contribution in [0.2, 0.25) is 0 Å². The summed E-state index contributed by atoms with van der Waals surface area (Å²) < 4.78 is 27.2. The smallest absolute Gasteiger partial charge is 0.243 e. The molecule has 1 atom stereocenters. The van der Waals surface area contributed by atoms with Gasteiger partial charge in [-0.1, -0.05) is 22.0 Å². The molecule has 1 aliphatic heterocycles. The molecule has 0 saturated carbocycles. The quantitative estimate of drug-likeness (QED) is 0.912. The van der Waals surface area contributed by atoms with Crippen LogP contribution in [0.15, 0.2) is 33.6 Å². The van der Waals surface area contributed by atoms with Crippen molar-refractivity contribution in [3.05, 3.63) is 28.7 Å². The van der Waals surface area contributed by atoms with Gasteiger partial charge in [-0.05, 0) is 44.1 Å². The van der Waals surface area contributed by atoms with Crippen molar-refractivity contribution in [1.82, 2.24) is 9.62 Å². The monoisotopic (exact) mass is 332 g/mol. The summed E-state index contributed by atoms with van der Waals surface area (Å²) in [6.45, 7) is 2.08. The van der Waals surface area contributed by atoms with Gasteiger partial charge in [-0.15, -0.1) is 0 Å². The molecule has 1 aromatic rings.